The molecule has 3 rings (SSSR count). The summed E-state index contributed by atoms with van der Waals surface area (Å²) in [5, 5.41) is 0. The molecule has 0 spiro atoms. The number of hydrogen-bond acceptors (Lipinski definition) is 0. The van der Waals surface area contributed by atoms with Crippen molar-refractivity contribution in [3.05, 3.63) is 0 Å². The molecule has 0 aromatic rings. The molecular formula is C29H52Br2. The number of unbranched alkanes of at least 4 members (excludes halogenated alkanes) is 10. The highest BCUT2D eigenvalue weighted by Crippen LogP contribution is 2.67. The van der Waals surface area contributed by atoms with E-state index in [0.29, 0.717) is 5.41 Å². The van der Waals surface area contributed by atoms with E-state index in [-0.39, 0.29) is 0 Å². The Bertz CT molecular complexity index is 445. The third kappa shape index (κ3) is 6.99. The van der Waals surface area contributed by atoms with Gasteiger partial charge < -0.3 is 0 Å². The van der Waals surface area contributed by atoms with Crippen molar-refractivity contribution >= 4 is 31.9 Å². The van der Waals surface area contributed by atoms with E-state index in [0.717, 1.165) is 33.3 Å². The highest BCUT2D eigenvalue weighted by Gasteiger charge is 2.60. The van der Waals surface area contributed by atoms with Crippen molar-refractivity contribution in [2.45, 2.75) is 152 Å². The summed E-state index contributed by atoms with van der Waals surface area (Å²) in [5.41, 5.74) is 0.670. The molecule has 0 amide bonds. The zero-order valence-electron chi connectivity index (χ0n) is 20.9. The van der Waals surface area contributed by atoms with Crippen LogP contribution >= 0.6 is 31.9 Å². The minimum absolute atomic E-state index is 0.670. The van der Waals surface area contributed by atoms with Crippen LogP contribution in [-0.4, -0.2) is 9.65 Å². The molecule has 0 nitrogen and oxygen atoms in total. The average molecular weight is 561 g/mol. The summed E-state index contributed by atoms with van der Waals surface area (Å²) in [5.74, 6) is 4.15. The Hall–Kier alpha value is 0.960. The first-order valence-corrected chi connectivity index (χ1v) is 16.2. The highest BCUT2D eigenvalue weighted by atomic mass is 79.9. The molecule has 0 aliphatic heterocycles. The van der Waals surface area contributed by atoms with Gasteiger partial charge in [0.1, 0.15) is 0 Å². The van der Waals surface area contributed by atoms with Crippen LogP contribution < -0.4 is 0 Å². The van der Waals surface area contributed by atoms with E-state index in [9.17, 15) is 0 Å². The lowest BCUT2D eigenvalue weighted by Crippen LogP contribution is -2.38. The van der Waals surface area contributed by atoms with E-state index in [2.05, 4.69) is 45.7 Å². The third-order valence-corrected chi connectivity index (χ3v) is 11.4. The highest BCUT2D eigenvalue weighted by molar-refractivity contribution is 9.09. The maximum Gasteiger partial charge on any atom is 0.0148 e. The zero-order valence-corrected chi connectivity index (χ0v) is 24.0. The van der Waals surface area contributed by atoms with Crippen LogP contribution in [0.2, 0.25) is 0 Å². The Morgan fingerprint density at radius 1 is 0.548 bits per heavy atom. The van der Waals surface area contributed by atoms with Crippen LogP contribution in [0.3, 0.4) is 0 Å². The fraction of sp³-hybridized carbons (Fsp3) is 1.00. The molecule has 3 aliphatic carbocycles. The Balaban J connectivity index is 1.70. The van der Waals surface area contributed by atoms with Crippen molar-refractivity contribution in [3.63, 3.8) is 0 Å². The standard InChI is InChI=1S/C29H52Br2/c1-3-5-7-9-11-13-19-29(20-14-12-10-8-6-4-2)27-21-23(30)15-17-25(27)26-18-16-24(31)22-28(26)29/h23-28H,3-22H2,1-2H3. The summed E-state index contributed by atoms with van der Waals surface area (Å²) in [6, 6.07) is 0. The molecule has 2 heteroatoms. The van der Waals surface area contributed by atoms with Crippen molar-refractivity contribution in [2.24, 2.45) is 29.1 Å². The molecule has 182 valence electrons. The minimum atomic E-state index is 0.670. The first-order valence-electron chi connectivity index (χ1n) is 14.4. The maximum absolute atomic E-state index is 4.10. The van der Waals surface area contributed by atoms with Crippen LogP contribution in [0.25, 0.3) is 0 Å². The lowest BCUT2D eigenvalue weighted by molar-refractivity contribution is 0.0548. The van der Waals surface area contributed by atoms with Gasteiger partial charge >= 0.3 is 0 Å². The van der Waals surface area contributed by atoms with Crippen molar-refractivity contribution in [1.82, 2.24) is 0 Å². The van der Waals surface area contributed by atoms with Gasteiger partial charge in [-0.3, -0.25) is 0 Å². The maximum atomic E-state index is 4.10. The molecule has 6 unspecified atom stereocenters. The Labute approximate surface area is 212 Å². The topological polar surface area (TPSA) is 0 Å². The van der Waals surface area contributed by atoms with E-state index < -0.39 is 0 Å². The molecule has 6 atom stereocenters. The fourth-order valence-corrected chi connectivity index (χ4v) is 9.58. The molecule has 0 N–H and O–H groups in total. The Morgan fingerprint density at radius 3 is 1.35 bits per heavy atom. The van der Waals surface area contributed by atoms with Gasteiger partial charge in [0.25, 0.3) is 0 Å². The van der Waals surface area contributed by atoms with Gasteiger partial charge in [0.2, 0.25) is 0 Å². The molecular weight excluding hydrogens is 508 g/mol. The smallest absolute Gasteiger partial charge is 0.0148 e. The van der Waals surface area contributed by atoms with Crippen molar-refractivity contribution < 1.29 is 0 Å². The van der Waals surface area contributed by atoms with Crippen LogP contribution in [0.4, 0.5) is 0 Å². The Morgan fingerprint density at radius 2 is 0.935 bits per heavy atom. The van der Waals surface area contributed by atoms with E-state index in [1.54, 1.807) is 12.8 Å². The molecule has 0 bridgehead atoms. The van der Waals surface area contributed by atoms with E-state index in [1.807, 2.05) is 0 Å². The largest absolute Gasteiger partial charge is 0.0891 e. The van der Waals surface area contributed by atoms with Gasteiger partial charge in [-0.2, -0.15) is 0 Å². The van der Waals surface area contributed by atoms with Gasteiger partial charge in [-0.05, 0) is 80.5 Å². The van der Waals surface area contributed by atoms with Gasteiger partial charge in [0, 0.05) is 9.65 Å². The van der Waals surface area contributed by atoms with Crippen LogP contribution in [-0.2, 0) is 0 Å². The lowest BCUT2D eigenvalue weighted by Gasteiger charge is -2.46. The predicted octanol–water partition coefficient (Wildman–Crippen LogP) is 10.8. The number of fused-ring (bicyclic) bond motifs is 3. The first kappa shape index (κ1) is 26.6. The number of rotatable bonds is 14. The van der Waals surface area contributed by atoms with Gasteiger partial charge in [-0.15, -0.1) is 0 Å². The molecule has 0 aromatic carbocycles. The molecule has 0 saturated heterocycles. The SMILES string of the molecule is CCCCCCCCC1(CCCCCCCC)C2CC(Br)CCC2C2CCC(Br)CC21. The average Bonchev–Trinajstić information content (AvgIpc) is 3.02. The predicted molar refractivity (Wildman–Crippen MR) is 146 cm³/mol. The van der Waals surface area contributed by atoms with Gasteiger partial charge in [0.15, 0.2) is 0 Å². The Kier molecular flexibility index (Phi) is 11.8. The van der Waals surface area contributed by atoms with E-state index >= 15 is 0 Å². The molecule has 0 heterocycles. The molecule has 3 fully saturated rings. The molecule has 3 aliphatic rings. The number of alkyl halides is 2. The molecule has 0 aromatic heterocycles. The van der Waals surface area contributed by atoms with Gasteiger partial charge in [-0.25, -0.2) is 0 Å². The fourth-order valence-electron chi connectivity index (χ4n) is 8.24. The quantitative estimate of drug-likeness (QED) is 0.146. The third-order valence-electron chi connectivity index (χ3n) is 9.70. The van der Waals surface area contributed by atoms with E-state index in [1.165, 1.54) is 116 Å². The zero-order chi connectivity index (χ0) is 22.1. The molecule has 0 radical (unpaired) electrons. The van der Waals surface area contributed by atoms with Crippen LogP contribution in [0.5, 0.6) is 0 Å². The van der Waals surface area contributed by atoms with Crippen molar-refractivity contribution in [1.29, 1.82) is 0 Å². The lowest BCUT2D eigenvalue weighted by atomic mass is 9.60. The van der Waals surface area contributed by atoms with Gasteiger partial charge in [-0.1, -0.05) is 123 Å². The summed E-state index contributed by atoms with van der Waals surface area (Å²) in [6.07, 6.45) is 29.5. The number of halogens is 2. The first-order chi connectivity index (χ1) is 15.1. The molecule has 31 heavy (non-hydrogen) atoms. The van der Waals surface area contributed by atoms with Crippen molar-refractivity contribution in [2.75, 3.05) is 0 Å². The van der Waals surface area contributed by atoms with Crippen LogP contribution in [0.15, 0.2) is 0 Å². The molecule has 3 saturated carbocycles. The monoisotopic (exact) mass is 558 g/mol. The van der Waals surface area contributed by atoms with E-state index in [4.69, 9.17) is 0 Å². The van der Waals surface area contributed by atoms with Crippen LogP contribution in [0, 0.1) is 29.1 Å². The number of hydrogen-bond donors (Lipinski definition) is 0. The normalized spacial score (nSPS) is 34.5. The second kappa shape index (κ2) is 13.7. The second-order valence-electron chi connectivity index (χ2n) is 11.6. The van der Waals surface area contributed by atoms with Gasteiger partial charge in [0.05, 0.1) is 0 Å². The summed E-state index contributed by atoms with van der Waals surface area (Å²) in [6.45, 7) is 4.68. The van der Waals surface area contributed by atoms with Crippen molar-refractivity contribution in [3.8, 4) is 0 Å². The summed E-state index contributed by atoms with van der Waals surface area (Å²) >= 11 is 8.20. The summed E-state index contributed by atoms with van der Waals surface area (Å²) in [4.78, 5) is 1.59. The van der Waals surface area contributed by atoms with Crippen LogP contribution in [0.1, 0.15) is 142 Å². The summed E-state index contributed by atoms with van der Waals surface area (Å²) in [7, 11) is 0. The second-order valence-corrected chi connectivity index (χ2v) is 14.2. The minimum Gasteiger partial charge on any atom is -0.0891 e. The summed E-state index contributed by atoms with van der Waals surface area (Å²) < 4.78 is 0.